The summed E-state index contributed by atoms with van der Waals surface area (Å²) in [6, 6.07) is 0. The molecular formula is C4H9NS2. The van der Waals surface area contributed by atoms with E-state index in [0.717, 1.165) is 18.1 Å². The molecule has 0 aliphatic rings. The molecular weight excluding hydrogens is 126 g/mol. The lowest BCUT2D eigenvalue weighted by molar-refractivity contribution is 1.15. The van der Waals surface area contributed by atoms with Crippen LogP contribution in [0.3, 0.4) is 0 Å². The number of thioether (sulfide) groups is 1. The molecule has 0 saturated carbocycles. The van der Waals surface area contributed by atoms with Crippen molar-refractivity contribution in [3.63, 3.8) is 0 Å². The molecule has 7 heavy (non-hydrogen) atoms. The molecule has 0 aromatic rings. The minimum Gasteiger partial charge on any atom is -0.330 e. The zero-order valence-corrected chi connectivity index (χ0v) is 5.73. The second kappa shape index (κ2) is 6.40. The first-order valence-electron chi connectivity index (χ1n) is 2.13. The highest BCUT2D eigenvalue weighted by molar-refractivity contribution is 8.00. The van der Waals surface area contributed by atoms with Crippen molar-refractivity contribution < 1.29 is 0 Å². The highest BCUT2D eigenvalue weighted by Gasteiger charge is 1.77. The van der Waals surface area contributed by atoms with E-state index >= 15 is 0 Å². The van der Waals surface area contributed by atoms with Gasteiger partial charge in [0.15, 0.2) is 0 Å². The lowest BCUT2D eigenvalue weighted by Crippen LogP contribution is -2.01. The SMILES string of the molecule is NCCSCC=S. The molecule has 0 unspecified atom stereocenters. The van der Waals surface area contributed by atoms with Crippen molar-refractivity contribution in [2.24, 2.45) is 5.73 Å². The van der Waals surface area contributed by atoms with E-state index in [1.54, 1.807) is 17.1 Å². The van der Waals surface area contributed by atoms with Gasteiger partial charge in [0.2, 0.25) is 0 Å². The van der Waals surface area contributed by atoms with E-state index in [9.17, 15) is 0 Å². The van der Waals surface area contributed by atoms with Crippen LogP contribution in [0.25, 0.3) is 0 Å². The van der Waals surface area contributed by atoms with E-state index in [4.69, 9.17) is 5.73 Å². The third-order valence-corrected chi connectivity index (χ3v) is 1.75. The van der Waals surface area contributed by atoms with Gasteiger partial charge in [0.1, 0.15) is 0 Å². The molecule has 2 N–H and O–H groups in total. The lowest BCUT2D eigenvalue weighted by atomic mass is 10.8. The molecule has 0 atom stereocenters. The summed E-state index contributed by atoms with van der Waals surface area (Å²) in [5, 5.41) is 1.72. The Bertz CT molecular complexity index is 47.0. The fourth-order valence-corrected chi connectivity index (χ4v) is 0.933. The van der Waals surface area contributed by atoms with Crippen molar-refractivity contribution in [1.82, 2.24) is 0 Å². The van der Waals surface area contributed by atoms with Crippen LogP contribution >= 0.6 is 24.0 Å². The van der Waals surface area contributed by atoms with E-state index in [0.29, 0.717) is 0 Å². The molecule has 0 aliphatic heterocycles. The number of thiocarbonyl (C=S) groups is 1. The fourth-order valence-electron chi connectivity index (χ4n) is 0.215. The largest absolute Gasteiger partial charge is 0.330 e. The smallest absolute Gasteiger partial charge is 0.0218 e. The van der Waals surface area contributed by atoms with Crippen LogP contribution in [0, 0.1) is 0 Å². The molecule has 1 nitrogen and oxygen atoms in total. The van der Waals surface area contributed by atoms with Gasteiger partial charge in [0.05, 0.1) is 0 Å². The molecule has 0 aliphatic carbocycles. The van der Waals surface area contributed by atoms with Gasteiger partial charge >= 0.3 is 0 Å². The van der Waals surface area contributed by atoms with E-state index in [-0.39, 0.29) is 0 Å². The van der Waals surface area contributed by atoms with E-state index in [1.807, 2.05) is 0 Å². The normalized spacial score (nSPS) is 8.71. The summed E-state index contributed by atoms with van der Waals surface area (Å²) in [4.78, 5) is 0. The maximum Gasteiger partial charge on any atom is 0.0218 e. The molecule has 0 saturated heterocycles. The van der Waals surface area contributed by atoms with Gasteiger partial charge in [0.25, 0.3) is 0 Å². The zero-order valence-electron chi connectivity index (χ0n) is 4.09. The molecule has 0 bridgehead atoms. The van der Waals surface area contributed by atoms with Gasteiger partial charge in [-0.15, -0.1) is 0 Å². The van der Waals surface area contributed by atoms with Crippen LogP contribution in [0.2, 0.25) is 0 Å². The predicted molar refractivity (Wildman–Crippen MR) is 40.0 cm³/mol. The first-order valence-corrected chi connectivity index (χ1v) is 3.76. The van der Waals surface area contributed by atoms with E-state index in [2.05, 4.69) is 12.2 Å². The van der Waals surface area contributed by atoms with Gasteiger partial charge in [0, 0.05) is 18.1 Å². The average molecular weight is 135 g/mol. The van der Waals surface area contributed by atoms with Gasteiger partial charge in [-0.1, -0.05) is 12.2 Å². The summed E-state index contributed by atoms with van der Waals surface area (Å²) < 4.78 is 0. The monoisotopic (exact) mass is 135 g/mol. The number of nitrogens with two attached hydrogens (primary N) is 1. The molecule has 42 valence electrons. The van der Waals surface area contributed by atoms with Gasteiger partial charge in [-0.05, 0) is 5.37 Å². The average Bonchev–Trinajstić information content (AvgIpc) is 1.69. The van der Waals surface area contributed by atoms with Crippen molar-refractivity contribution in [1.29, 1.82) is 0 Å². The lowest BCUT2D eigenvalue weighted by Gasteiger charge is -1.88. The summed E-state index contributed by atoms with van der Waals surface area (Å²) in [6.45, 7) is 0.758. The molecule has 0 heterocycles. The Morgan fingerprint density at radius 2 is 2.43 bits per heavy atom. The molecule has 0 amide bonds. The Hall–Kier alpha value is 0.400. The predicted octanol–water partition coefficient (Wildman–Crippen LogP) is 0.678. The maximum absolute atomic E-state index is 5.20. The Morgan fingerprint density at radius 1 is 1.71 bits per heavy atom. The van der Waals surface area contributed by atoms with Crippen LogP contribution in [0.5, 0.6) is 0 Å². The Kier molecular flexibility index (Phi) is 6.77. The summed E-state index contributed by atoms with van der Waals surface area (Å²) in [7, 11) is 0. The standard InChI is InChI=1S/C4H9NS2/c5-1-3-7-4-2-6/h2H,1,3-5H2. The van der Waals surface area contributed by atoms with Crippen LogP contribution in [0.1, 0.15) is 0 Å². The van der Waals surface area contributed by atoms with Gasteiger partial charge in [-0.25, -0.2) is 0 Å². The fraction of sp³-hybridized carbons (Fsp3) is 0.750. The van der Waals surface area contributed by atoms with Crippen molar-refractivity contribution in [3.05, 3.63) is 0 Å². The highest BCUT2D eigenvalue weighted by atomic mass is 32.2. The summed E-state index contributed by atoms with van der Waals surface area (Å²) in [5.74, 6) is 1.97. The molecule has 0 rings (SSSR count). The van der Waals surface area contributed by atoms with Crippen molar-refractivity contribution in [2.75, 3.05) is 18.1 Å². The van der Waals surface area contributed by atoms with Crippen molar-refractivity contribution in [2.45, 2.75) is 0 Å². The second-order valence-electron chi connectivity index (χ2n) is 1.03. The molecule has 0 fully saturated rings. The molecule has 0 aromatic heterocycles. The van der Waals surface area contributed by atoms with Crippen molar-refractivity contribution in [3.8, 4) is 0 Å². The third-order valence-electron chi connectivity index (χ3n) is 0.448. The maximum atomic E-state index is 5.20. The summed E-state index contributed by atoms with van der Waals surface area (Å²) >= 11 is 6.35. The van der Waals surface area contributed by atoms with E-state index in [1.165, 1.54) is 0 Å². The first kappa shape index (κ1) is 7.40. The molecule has 3 heteroatoms. The van der Waals surface area contributed by atoms with Crippen LogP contribution in [-0.2, 0) is 0 Å². The minimum atomic E-state index is 0.758. The van der Waals surface area contributed by atoms with Crippen LogP contribution in [0.15, 0.2) is 0 Å². The third kappa shape index (κ3) is 6.40. The number of hydrogen-bond acceptors (Lipinski definition) is 3. The highest BCUT2D eigenvalue weighted by Crippen LogP contribution is 1.92. The van der Waals surface area contributed by atoms with Gasteiger partial charge in [-0.3, -0.25) is 0 Å². The van der Waals surface area contributed by atoms with Crippen LogP contribution in [0.4, 0.5) is 0 Å². The van der Waals surface area contributed by atoms with E-state index < -0.39 is 0 Å². The Balaban J connectivity index is 2.56. The second-order valence-corrected chi connectivity index (χ2v) is 2.51. The minimum absolute atomic E-state index is 0.758. The number of rotatable bonds is 4. The summed E-state index contributed by atoms with van der Waals surface area (Å²) in [5.41, 5.74) is 5.20. The zero-order chi connectivity index (χ0) is 5.54. The Labute approximate surface area is 53.7 Å². The molecule has 0 radical (unpaired) electrons. The van der Waals surface area contributed by atoms with Crippen LogP contribution in [-0.4, -0.2) is 23.4 Å². The van der Waals surface area contributed by atoms with Crippen molar-refractivity contribution >= 4 is 29.3 Å². The molecule has 0 spiro atoms. The van der Waals surface area contributed by atoms with Gasteiger partial charge < -0.3 is 5.73 Å². The quantitative estimate of drug-likeness (QED) is 0.453. The first-order chi connectivity index (χ1) is 3.41. The summed E-state index contributed by atoms with van der Waals surface area (Å²) in [6.07, 6.45) is 0. The van der Waals surface area contributed by atoms with Gasteiger partial charge in [-0.2, -0.15) is 11.8 Å². The molecule has 0 aromatic carbocycles. The topological polar surface area (TPSA) is 26.0 Å². The Morgan fingerprint density at radius 3 is 2.86 bits per heavy atom. The van der Waals surface area contributed by atoms with Crippen LogP contribution < -0.4 is 5.73 Å². The number of hydrogen-bond donors (Lipinski definition) is 1.